The van der Waals surface area contributed by atoms with Crippen molar-refractivity contribution in [2.45, 2.75) is 32.7 Å². The van der Waals surface area contributed by atoms with E-state index in [-0.39, 0.29) is 0 Å². The topological polar surface area (TPSA) is 29.9 Å². The summed E-state index contributed by atoms with van der Waals surface area (Å²) >= 11 is 0. The van der Waals surface area contributed by atoms with Crippen LogP contribution in [-0.2, 0) is 7.05 Å². The Bertz CT molecular complexity index is 499. The Morgan fingerprint density at radius 1 is 1.16 bits per heavy atom. The summed E-state index contributed by atoms with van der Waals surface area (Å²) in [6, 6.07) is 11.3. The van der Waals surface area contributed by atoms with Crippen molar-refractivity contribution in [3.8, 4) is 11.3 Å². The fourth-order valence-electron chi connectivity index (χ4n) is 2.36. The van der Waals surface area contributed by atoms with E-state index in [0.29, 0.717) is 6.04 Å². The second-order valence-electron chi connectivity index (χ2n) is 4.88. The van der Waals surface area contributed by atoms with Gasteiger partial charge in [-0.05, 0) is 36.6 Å². The van der Waals surface area contributed by atoms with Crippen LogP contribution >= 0.6 is 0 Å². The maximum Gasteiger partial charge on any atom is 0.0678 e. The third-order valence-corrected chi connectivity index (χ3v) is 3.48. The molecule has 102 valence electrons. The summed E-state index contributed by atoms with van der Waals surface area (Å²) in [6.45, 7) is 5.50. The van der Waals surface area contributed by atoms with Crippen LogP contribution in [0.2, 0.25) is 0 Å². The van der Waals surface area contributed by atoms with Gasteiger partial charge in [0.2, 0.25) is 0 Å². The van der Waals surface area contributed by atoms with Crippen LogP contribution in [0, 0.1) is 0 Å². The molecule has 1 aromatic carbocycles. The molecule has 0 aliphatic carbocycles. The van der Waals surface area contributed by atoms with E-state index >= 15 is 0 Å². The quantitative estimate of drug-likeness (QED) is 0.858. The Labute approximate surface area is 115 Å². The van der Waals surface area contributed by atoms with Gasteiger partial charge in [0.15, 0.2) is 0 Å². The fourth-order valence-corrected chi connectivity index (χ4v) is 2.36. The highest BCUT2D eigenvalue weighted by atomic mass is 15.2. The van der Waals surface area contributed by atoms with Crippen molar-refractivity contribution in [2.75, 3.05) is 6.54 Å². The van der Waals surface area contributed by atoms with Crippen LogP contribution < -0.4 is 5.32 Å². The monoisotopic (exact) mass is 257 g/mol. The Morgan fingerprint density at radius 2 is 1.89 bits per heavy atom. The van der Waals surface area contributed by atoms with Crippen molar-refractivity contribution in [2.24, 2.45) is 7.05 Å². The number of hydrogen-bond donors (Lipinski definition) is 1. The van der Waals surface area contributed by atoms with E-state index in [2.05, 4.69) is 48.5 Å². The molecule has 0 aliphatic heterocycles. The number of nitrogens with zero attached hydrogens (tertiary/aromatic N) is 2. The van der Waals surface area contributed by atoms with E-state index < -0.39 is 0 Å². The minimum absolute atomic E-state index is 0.459. The van der Waals surface area contributed by atoms with Gasteiger partial charge in [-0.25, -0.2) is 0 Å². The van der Waals surface area contributed by atoms with Gasteiger partial charge in [0.05, 0.1) is 5.69 Å². The number of rotatable bonds is 6. The predicted octanol–water partition coefficient (Wildman–Crippen LogP) is 3.54. The van der Waals surface area contributed by atoms with E-state index in [4.69, 9.17) is 0 Å². The molecular weight excluding hydrogens is 234 g/mol. The lowest BCUT2D eigenvalue weighted by Gasteiger charge is -2.17. The van der Waals surface area contributed by atoms with Crippen molar-refractivity contribution in [1.29, 1.82) is 0 Å². The molecule has 3 nitrogen and oxygen atoms in total. The molecule has 0 amide bonds. The van der Waals surface area contributed by atoms with E-state index in [1.54, 1.807) is 0 Å². The number of nitrogens with one attached hydrogen (secondary N) is 1. The van der Waals surface area contributed by atoms with Crippen LogP contribution in [0.5, 0.6) is 0 Å². The van der Waals surface area contributed by atoms with Gasteiger partial charge in [0.1, 0.15) is 0 Å². The van der Waals surface area contributed by atoms with Crippen molar-refractivity contribution in [1.82, 2.24) is 15.1 Å². The molecule has 0 aliphatic rings. The average Bonchev–Trinajstić information content (AvgIpc) is 2.87. The maximum atomic E-state index is 4.21. The first kappa shape index (κ1) is 13.8. The molecule has 1 N–H and O–H groups in total. The lowest BCUT2D eigenvalue weighted by atomic mass is 10.0. The molecule has 1 unspecified atom stereocenters. The minimum Gasteiger partial charge on any atom is -0.310 e. The van der Waals surface area contributed by atoms with Gasteiger partial charge in [-0.3, -0.25) is 4.68 Å². The van der Waals surface area contributed by atoms with Crippen LogP contribution in [0.25, 0.3) is 11.3 Å². The van der Waals surface area contributed by atoms with Gasteiger partial charge in [-0.1, -0.05) is 38.1 Å². The number of benzene rings is 1. The first-order valence-corrected chi connectivity index (χ1v) is 7.08. The first-order valence-electron chi connectivity index (χ1n) is 7.08. The third-order valence-electron chi connectivity index (χ3n) is 3.48. The lowest BCUT2D eigenvalue weighted by Crippen LogP contribution is -2.21. The van der Waals surface area contributed by atoms with Crippen LogP contribution in [0.1, 0.15) is 38.3 Å². The van der Waals surface area contributed by atoms with Crippen molar-refractivity contribution in [3.63, 3.8) is 0 Å². The van der Waals surface area contributed by atoms with E-state index in [1.165, 1.54) is 17.5 Å². The molecule has 0 saturated heterocycles. The van der Waals surface area contributed by atoms with Gasteiger partial charge in [0.25, 0.3) is 0 Å². The van der Waals surface area contributed by atoms with Crippen molar-refractivity contribution >= 4 is 0 Å². The molecule has 0 saturated carbocycles. The van der Waals surface area contributed by atoms with Gasteiger partial charge in [-0.15, -0.1) is 0 Å². The van der Waals surface area contributed by atoms with Gasteiger partial charge >= 0.3 is 0 Å². The lowest BCUT2D eigenvalue weighted by molar-refractivity contribution is 0.518. The summed E-state index contributed by atoms with van der Waals surface area (Å²) in [5, 5.41) is 7.79. The molecule has 0 fully saturated rings. The zero-order valence-electron chi connectivity index (χ0n) is 12.1. The van der Waals surface area contributed by atoms with Crippen LogP contribution in [-0.4, -0.2) is 16.3 Å². The number of hydrogen-bond acceptors (Lipinski definition) is 2. The maximum absolute atomic E-state index is 4.21. The average molecular weight is 257 g/mol. The van der Waals surface area contributed by atoms with Crippen LogP contribution in [0.4, 0.5) is 0 Å². The van der Waals surface area contributed by atoms with E-state index in [0.717, 1.165) is 18.7 Å². The Kier molecular flexibility index (Phi) is 4.74. The Morgan fingerprint density at radius 3 is 2.42 bits per heavy atom. The zero-order valence-corrected chi connectivity index (χ0v) is 12.1. The van der Waals surface area contributed by atoms with Crippen molar-refractivity contribution < 1.29 is 0 Å². The third kappa shape index (κ3) is 3.24. The summed E-state index contributed by atoms with van der Waals surface area (Å²) in [6.07, 6.45) is 4.12. The molecule has 0 radical (unpaired) electrons. The largest absolute Gasteiger partial charge is 0.310 e. The van der Waals surface area contributed by atoms with Gasteiger partial charge < -0.3 is 5.32 Å². The first-order chi connectivity index (χ1) is 9.26. The summed E-state index contributed by atoms with van der Waals surface area (Å²) in [5.41, 5.74) is 3.73. The fraction of sp³-hybridized carbons (Fsp3) is 0.438. The van der Waals surface area contributed by atoms with Crippen LogP contribution in [0.15, 0.2) is 36.5 Å². The smallest absolute Gasteiger partial charge is 0.0678 e. The molecule has 1 aromatic heterocycles. The highest BCUT2D eigenvalue weighted by Crippen LogP contribution is 2.22. The second kappa shape index (κ2) is 6.53. The standard InChI is InChI=1S/C16H23N3/c1-4-11-17-15(5-2)13-6-8-14(9-7-13)16-10-12-18-19(16)3/h6-10,12,15,17H,4-5,11H2,1-3H3. The van der Waals surface area contributed by atoms with E-state index in [1.807, 2.05) is 24.0 Å². The van der Waals surface area contributed by atoms with Gasteiger partial charge in [0, 0.05) is 19.3 Å². The Balaban J connectivity index is 2.15. The van der Waals surface area contributed by atoms with Crippen molar-refractivity contribution in [3.05, 3.63) is 42.1 Å². The minimum atomic E-state index is 0.459. The highest BCUT2D eigenvalue weighted by Gasteiger charge is 2.08. The molecule has 0 bridgehead atoms. The summed E-state index contributed by atoms with van der Waals surface area (Å²) < 4.78 is 1.90. The van der Waals surface area contributed by atoms with Gasteiger partial charge in [-0.2, -0.15) is 5.10 Å². The normalized spacial score (nSPS) is 12.6. The second-order valence-corrected chi connectivity index (χ2v) is 4.88. The molecular formula is C16H23N3. The zero-order chi connectivity index (χ0) is 13.7. The molecule has 2 rings (SSSR count). The molecule has 0 spiro atoms. The molecule has 1 heterocycles. The number of aryl methyl sites for hydroxylation is 1. The molecule has 2 aromatic rings. The summed E-state index contributed by atoms with van der Waals surface area (Å²) in [5.74, 6) is 0. The molecule has 3 heteroatoms. The summed E-state index contributed by atoms with van der Waals surface area (Å²) in [4.78, 5) is 0. The van der Waals surface area contributed by atoms with Crippen LogP contribution in [0.3, 0.4) is 0 Å². The van der Waals surface area contributed by atoms with E-state index in [9.17, 15) is 0 Å². The molecule has 1 atom stereocenters. The highest BCUT2D eigenvalue weighted by molar-refractivity contribution is 5.59. The Hall–Kier alpha value is -1.61. The SMILES string of the molecule is CCCNC(CC)c1ccc(-c2ccnn2C)cc1. The predicted molar refractivity (Wildman–Crippen MR) is 80.0 cm³/mol. The number of aromatic nitrogens is 2. The molecule has 19 heavy (non-hydrogen) atoms. The summed E-state index contributed by atoms with van der Waals surface area (Å²) in [7, 11) is 1.97.